The number of halogens is 4. The number of hydrogen-bond donors (Lipinski definition) is 1. The third kappa shape index (κ3) is 2.71. The van der Waals surface area contributed by atoms with Gasteiger partial charge in [0.2, 0.25) is 0 Å². The predicted octanol–water partition coefficient (Wildman–Crippen LogP) is 5.13. The lowest BCUT2D eigenvalue weighted by molar-refractivity contribution is 0.573. The molecule has 1 aromatic heterocycles. The fourth-order valence-electron chi connectivity index (χ4n) is 2.11. The van der Waals surface area contributed by atoms with Crippen molar-refractivity contribution in [1.82, 2.24) is 0 Å². The third-order valence-electron chi connectivity index (χ3n) is 3.18. The van der Waals surface area contributed by atoms with Crippen LogP contribution >= 0.6 is 27.3 Å². The van der Waals surface area contributed by atoms with Crippen molar-refractivity contribution in [3.8, 4) is 0 Å². The highest BCUT2D eigenvalue weighted by Crippen LogP contribution is 2.34. The van der Waals surface area contributed by atoms with E-state index >= 15 is 0 Å². The number of hydrogen-bond acceptors (Lipinski definition) is 2. The molecule has 0 fully saturated rings. The molecule has 1 atom stereocenters. The van der Waals surface area contributed by atoms with Crippen LogP contribution in [0.4, 0.5) is 13.2 Å². The number of thiophene rings is 1. The van der Waals surface area contributed by atoms with Crippen molar-refractivity contribution in [1.29, 1.82) is 0 Å². The maximum absolute atomic E-state index is 14.0. The Bertz CT molecular complexity index is 831. The molecule has 108 valence electrons. The van der Waals surface area contributed by atoms with Gasteiger partial charge in [-0.2, -0.15) is 0 Å². The second-order valence-electron chi connectivity index (χ2n) is 4.60. The van der Waals surface area contributed by atoms with Gasteiger partial charge in [0.15, 0.2) is 0 Å². The van der Waals surface area contributed by atoms with Crippen LogP contribution in [0.15, 0.2) is 40.9 Å². The Labute approximate surface area is 131 Å². The highest BCUT2D eigenvalue weighted by Gasteiger charge is 2.18. The molecule has 2 aromatic carbocycles. The Balaban J connectivity index is 2.07. The van der Waals surface area contributed by atoms with Gasteiger partial charge in [0.1, 0.15) is 17.5 Å². The summed E-state index contributed by atoms with van der Waals surface area (Å²) in [6.45, 7) is 0. The van der Waals surface area contributed by atoms with E-state index in [1.807, 2.05) is 0 Å². The van der Waals surface area contributed by atoms with Crippen LogP contribution in [0.1, 0.15) is 16.5 Å². The van der Waals surface area contributed by atoms with Crippen molar-refractivity contribution < 1.29 is 13.2 Å². The van der Waals surface area contributed by atoms with Gasteiger partial charge in [0.05, 0.1) is 10.5 Å². The minimum Gasteiger partial charge on any atom is -0.320 e. The third-order valence-corrected chi connectivity index (χ3v) is 4.97. The topological polar surface area (TPSA) is 26.0 Å². The van der Waals surface area contributed by atoms with Gasteiger partial charge < -0.3 is 5.73 Å². The first-order valence-electron chi connectivity index (χ1n) is 6.04. The molecule has 0 aliphatic rings. The van der Waals surface area contributed by atoms with Gasteiger partial charge in [-0.25, -0.2) is 13.2 Å². The molecule has 2 N–H and O–H groups in total. The van der Waals surface area contributed by atoms with Crippen molar-refractivity contribution in [3.05, 3.63) is 68.8 Å². The maximum Gasteiger partial charge on any atom is 0.137 e. The van der Waals surface area contributed by atoms with Gasteiger partial charge >= 0.3 is 0 Å². The summed E-state index contributed by atoms with van der Waals surface area (Å²) < 4.78 is 41.5. The largest absolute Gasteiger partial charge is 0.320 e. The van der Waals surface area contributed by atoms with Gasteiger partial charge in [-0.3, -0.25) is 0 Å². The van der Waals surface area contributed by atoms with E-state index in [0.717, 1.165) is 22.2 Å². The smallest absolute Gasteiger partial charge is 0.137 e. The Morgan fingerprint density at radius 2 is 1.76 bits per heavy atom. The Kier molecular flexibility index (Phi) is 3.77. The number of benzene rings is 2. The molecule has 0 saturated heterocycles. The van der Waals surface area contributed by atoms with Gasteiger partial charge in [0, 0.05) is 15.1 Å². The lowest BCUT2D eigenvalue weighted by atomic mass is 10.0. The maximum atomic E-state index is 14.0. The van der Waals surface area contributed by atoms with Crippen LogP contribution in [0.3, 0.4) is 0 Å². The first kappa shape index (κ1) is 14.6. The van der Waals surface area contributed by atoms with Gasteiger partial charge in [-0.1, -0.05) is 6.07 Å². The summed E-state index contributed by atoms with van der Waals surface area (Å²) in [7, 11) is 0. The Hall–Kier alpha value is -1.37. The average molecular weight is 372 g/mol. The molecule has 0 amide bonds. The van der Waals surface area contributed by atoms with Crippen molar-refractivity contribution in [2.45, 2.75) is 6.04 Å². The van der Waals surface area contributed by atoms with Crippen LogP contribution in [0.2, 0.25) is 0 Å². The first-order chi connectivity index (χ1) is 9.95. The highest BCUT2D eigenvalue weighted by atomic mass is 79.9. The lowest BCUT2D eigenvalue weighted by Crippen LogP contribution is -2.12. The van der Waals surface area contributed by atoms with Crippen LogP contribution in [-0.4, -0.2) is 0 Å². The average Bonchev–Trinajstić information content (AvgIpc) is 2.85. The van der Waals surface area contributed by atoms with E-state index in [1.165, 1.54) is 23.5 Å². The van der Waals surface area contributed by atoms with Crippen LogP contribution in [-0.2, 0) is 0 Å². The fourth-order valence-corrected chi connectivity index (χ4v) is 3.53. The summed E-state index contributed by atoms with van der Waals surface area (Å²) in [5.41, 5.74) is 6.10. The molecule has 3 aromatic rings. The van der Waals surface area contributed by atoms with Gasteiger partial charge in [0.25, 0.3) is 0 Å². The zero-order chi connectivity index (χ0) is 15.1. The number of rotatable bonds is 2. The molecule has 0 saturated carbocycles. The normalized spacial score (nSPS) is 12.8. The van der Waals surface area contributed by atoms with E-state index < -0.39 is 17.7 Å². The molecule has 0 aliphatic heterocycles. The standard InChI is InChI=1S/C15H9BrF3NS/c16-10-6-11(18)9(5-12(10)19)15(20)14-3-7-1-2-8(17)4-13(7)21-14/h1-6,15H,20H2. The fraction of sp³-hybridized carbons (Fsp3) is 0.0667. The molecular formula is C15H9BrF3NS. The molecular weight excluding hydrogens is 363 g/mol. The molecule has 0 aliphatic carbocycles. The van der Waals surface area contributed by atoms with Crippen LogP contribution < -0.4 is 5.73 Å². The van der Waals surface area contributed by atoms with E-state index in [1.54, 1.807) is 12.1 Å². The molecule has 3 rings (SSSR count). The minimum absolute atomic E-state index is 0.0503. The van der Waals surface area contributed by atoms with Gasteiger partial charge in [-0.15, -0.1) is 11.3 Å². The summed E-state index contributed by atoms with van der Waals surface area (Å²) in [6, 6.07) is 7.48. The molecule has 0 spiro atoms. The predicted molar refractivity (Wildman–Crippen MR) is 81.9 cm³/mol. The second kappa shape index (κ2) is 5.44. The van der Waals surface area contributed by atoms with Crippen molar-refractivity contribution in [2.24, 2.45) is 5.73 Å². The van der Waals surface area contributed by atoms with E-state index in [2.05, 4.69) is 15.9 Å². The quantitative estimate of drug-likeness (QED) is 0.621. The SMILES string of the molecule is NC(c1cc2ccc(F)cc2s1)c1cc(F)c(Br)cc1F. The van der Waals surface area contributed by atoms with Crippen LogP contribution in [0.5, 0.6) is 0 Å². The molecule has 0 radical (unpaired) electrons. The summed E-state index contributed by atoms with van der Waals surface area (Å²) >= 11 is 4.19. The summed E-state index contributed by atoms with van der Waals surface area (Å²) in [6.07, 6.45) is 0. The summed E-state index contributed by atoms with van der Waals surface area (Å²) in [5, 5.41) is 0.824. The molecule has 1 unspecified atom stereocenters. The van der Waals surface area contributed by atoms with E-state index in [0.29, 0.717) is 4.88 Å². The zero-order valence-corrected chi connectivity index (χ0v) is 12.9. The minimum atomic E-state index is -0.798. The highest BCUT2D eigenvalue weighted by molar-refractivity contribution is 9.10. The zero-order valence-electron chi connectivity index (χ0n) is 10.5. The van der Waals surface area contributed by atoms with E-state index in [-0.39, 0.29) is 15.9 Å². The van der Waals surface area contributed by atoms with Gasteiger partial charge in [-0.05, 0) is 51.6 Å². The molecule has 1 nitrogen and oxygen atoms in total. The van der Waals surface area contributed by atoms with Crippen molar-refractivity contribution in [3.63, 3.8) is 0 Å². The monoisotopic (exact) mass is 371 g/mol. The van der Waals surface area contributed by atoms with E-state index in [9.17, 15) is 13.2 Å². The Morgan fingerprint density at radius 1 is 1.00 bits per heavy atom. The Morgan fingerprint density at radius 3 is 2.52 bits per heavy atom. The number of nitrogens with two attached hydrogens (primary N) is 1. The molecule has 6 heteroatoms. The summed E-state index contributed by atoms with van der Waals surface area (Å²) in [4.78, 5) is 0.649. The van der Waals surface area contributed by atoms with E-state index in [4.69, 9.17) is 5.73 Å². The van der Waals surface area contributed by atoms with Crippen LogP contribution in [0, 0.1) is 17.5 Å². The summed E-state index contributed by atoms with van der Waals surface area (Å²) in [5.74, 6) is -1.50. The van der Waals surface area contributed by atoms with Crippen molar-refractivity contribution >= 4 is 37.4 Å². The first-order valence-corrected chi connectivity index (χ1v) is 7.65. The van der Waals surface area contributed by atoms with Crippen molar-refractivity contribution in [2.75, 3.05) is 0 Å². The van der Waals surface area contributed by atoms with Crippen LogP contribution in [0.25, 0.3) is 10.1 Å². The molecule has 21 heavy (non-hydrogen) atoms. The lowest BCUT2D eigenvalue weighted by Gasteiger charge is -2.11. The molecule has 0 bridgehead atoms. The number of fused-ring (bicyclic) bond motifs is 1. The molecule has 1 heterocycles. The second-order valence-corrected chi connectivity index (χ2v) is 6.57.